The van der Waals surface area contributed by atoms with E-state index >= 15 is 0 Å². The van der Waals surface area contributed by atoms with Gasteiger partial charge in [-0.25, -0.2) is 0 Å². The maximum atomic E-state index is 12.7. The summed E-state index contributed by atoms with van der Waals surface area (Å²) in [6.07, 6.45) is 1.92. The third-order valence-corrected chi connectivity index (χ3v) is 14.6. The fourth-order valence-electron chi connectivity index (χ4n) is 8.66. The first-order valence-corrected chi connectivity index (χ1v) is 25.7. The zero-order chi connectivity index (χ0) is 47.6. The molecule has 348 valence electrons. The Morgan fingerprint density at radius 2 is 0.621 bits per heavy atom. The van der Waals surface area contributed by atoms with Gasteiger partial charge in [0.05, 0.1) is 13.2 Å². The normalized spacial score (nSPS) is 13.4. The van der Waals surface area contributed by atoms with E-state index in [2.05, 4.69) is 180 Å². The van der Waals surface area contributed by atoms with Gasteiger partial charge in [0.15, 0.2) is 0 Å². The van der Waals surface area contributed by atoms with E-state index in [-0.39, 0.29) is 21.7 Å². The molecule has 4 nitrogen and oxygen atoms in total. The van der Waals surface area contributed by atoms with Crippen molar-refractivity contribution in [2.75, 3.05) is 24.7 Å². The lowest BCUT2D eigenvalue weighted by Crippen LogP contribution is -2.17. The van der Waals surface area contributed by atoms with Crippen LogP contribution in [-0.4, -0.2) is 34.9 Å². The highest BCUT2D eigenvalue weighted by Crippen LogP contribution is 2.44. The molecule has 6 aromatic carbocycles. The Morgan fingerprint density at radius 3 is 0.864 bits per heavy atom. The second-order valence-corrected chi connectivity index (χ2v) is 24.6. The number of rotatable bonds is 10. The Bertz CT molecular complexity index is 2360. The SMILES string of the molecule is CC(C)(C)c1cc2c(O)c(c1)Cc1cc(C(C)(C)C)cc(c1OCCSc1ccccc1)Cc1cc(C(C)(C)C)cc(c1O)Cc1cc(C(C)(C)C)cc(c1OCCSc1ccccc1)C2. The van der Waals surface area contributed by atoms with Crippen LogP contribution in [0.4, 0.5) is 0 Å². The lowest BCUT2D eigenvalue weighted by molar-refractivity contribution is 0.336. The molecule has 0 radical (unpaired) electrons. The summed E-state index contributed by atoms with van der Waals surface area (Å²) in [6.45, 7) is 28.0. The number of phenols is 2. The van der Waals surface area contributed by atoms with Crippen LogP contribution >= 0.6 is 23.5 Å². The molecular weight excluding hydrogens is 849 g/mol. The van der Waals surface area contributed by atoms with Crippen molar-refractivity contribution < 1.29 is 19.7 Å². The van der Waals surface area contributed by atoms with Gasteiger partial charge in [-0.05, 0) is 113 Å². The average Bonchev–Trinajstić information content (AvgIpc) is 3.23. The standard InChI is InChI=1S/C60H72O4S2/c1-57(2,3)47-31-39-27-43-35-49(59(7,8)9)37-45(55(43)63-23-25-65-51-19-15-13-16-20-51)29-41-33-48(58(4,5)6)34-42(54(41)62)30-46-38-50(60(10,11)12)36-44(28-40(32-47)53(39)61)56(46)64-24-26-66-52-21-17-14-18-22-52/h13-22,31-38,61-62H,23-30H2,1-12H3. The van der Waals surface area contributed by atoms with E-state index in [4.69, 9.17) is 9.47 Å². The Morgan fingerprint density at radius 1 is 0.379 bits per heavy atom. The van der Waals surface area contributed by atoms with Crippen LogP contribution in [0.2, 0.25) is 0 Å². The topological polar surface area (TPSA) is 58.9 Å². The van der Waals surface area contributed by atoms with Gasteiger partial charge in [-0.15, -0.1) is 23.5 Å². The fraction of sp³-hybridized carbons (Fsp3) is 0.400. The number of hydrogen-bond donors (Lipinski definition) is 2. The molecule has 0 saturated heterocycles. The Balaban J connectivity index is 1.46. The maximum Gasteiger partial charge on any atom is 0.126 e. The number of phenolic OH excluding ortho intramolecular Hbond substituents is 2. The van der Waals surface area contributed by atoms with Crippen molar-refractivity contribution >= 4 is 23.5 Å². The Hall–Kier alpha value is -4.78. The Kier molecular flexibility index (Phi) is 14.8. The van der Waals surface area contributed by atoms with Crippen molar-refractivity contribution in [1.29, 1.82) is 0 Å². The number of fused-ring (bicyclic) bond motifs is 8. The molecule has 0 fully saturated rings. The van der Waals surface area contributed by atoms with Crippen LogP contribution in [0.1, 0.15) is 150 Å². The zero-order valence-electron chi connectivity index (χ0n) is 41.6. The van der Waals surface area contributed by atoms with Crippen LogP contribution in [0.15, 0.2) is 119 Å². The monoisotopic (exact) mass is 920 g/mol. The minimum Gasteiger partial charge on any atom is -0.507 e. The largest absolute Gasteiger partial charge is 0.507 e. The van der Waals surface area contributed by atoms with Crippen molar-refractivity contribution in [1.82, 2.24) is 0 Å². The van der Waals surface area contributed by atoms with E-state index in [9.17, 15) is 10.2 Å². The molecule has 1 aliphatic carbocycles. The molecule has 6 heteroatoms. The minimum atomic E-state index is -0.179. The number of benzene rings is 6. The first-order valence-electron chi connectivity index (χ1n) is 23.7. The number of ether oxygens (including phenoxy) is 2. The third kappa shape index (κ3) is 12.0. The van der Waals surface area contributed by atoms with Gasteiger partial charge >= 0.3 is 0 Å². The highest BCUT2D eigenvalue weighted by molar-refractivity contribution is 7.99. The molecule has 0 amide bonds. The molecule has 0 heterocycles. The van der Waals surface area contributed by atoms with E-state index in [1.165, 1.54) is 32.0 Å². The van der Waals surface area contributed by atoms with Crippen LogP contribution < -0.4 is 9.47 Å². The summed E-state index contributed by atoms with van der Waals surface area (Å²) in [7, 11) is 0. The van der Waals surface area contributed by atoms with Gasteiger partial charge in [0.1, 0.15) is 23.0 Å². The van der Waals surface area contributed by atoms with E-state index in [0.29, 0.717) is 50.4 Å². The molecule has 0 saturated carbocycles. The van der Waals surface area contributed by atoms with Gasteiger partial charge < -0.3 is 19.7 Å². The smallest absolute Gasteiger partial charge is 0.126 e. The summed E-state index contributed by atoms with van der Waals surface area (Å²) >= 11 is 3.57. The Labute approximate surface area is 405 Å². The molecule has 7 rings (SSSR count). The second-order valence-electron chi connectivity index (χ2n) is 22.3. The summed E-state index contributed by atoms with van der Waals surface area (Å²) in [5.41, 5.74) is 11.6. The highest BCUT2D eigenvalue weighted by Gasteiger charge is 2.28. The molecule has 0 unspecified atom stereocenters. The summed E-state index contributed by atoms with van der Waals surface area (Å²) in [5, 5.41) is 25.3. The van der Waals surface area contributed by atoms with Gasteiger partial charge in [-0.1, -0.05) is 168 Å². The highest BCUT2D eigenvalue weighted by atomic mass is 32.2. The first kappa shape index (κ1) is 49.1. The number of thioether (sulfide) groups is 2. The van der Waals surface area contributed by atoms with E-state index in [0.717, 1.165) is 67.5 Å². The predicted octanol–water partition coefficient (Wildman–Crippen LogP) is 15.3. The van der Waals surface area contributed by atoms with Gasteiger partial charge in [0.25, 0.3) is 0 Å². The lowest BCUT2D eigenvalue weighted by atomic mass is 9.79. The maximum absolute atomic E-state index is 12.7. The van der Waals surface area contributed by atoms with Crippen molar-refractivity contribution in [3.8, 4) is 23.0 Å². The quantitative estimate of drug-likeness (QED) is 0.105. The molecule has 0 atom stereocenters. The third-order valence-electron chi connectivity index (χ3n) is 12.7. The molecular formula is C60H72O4S2. The van der Waals surface area contributed by atoms with Crippen LogP contribution in [-0.2, 0) is 47.3 Å². The summed E-state index contributed by atoms with van der Waals surface area (Å²) < 4.78 is 14.0. The summed E-state index contributed by atoms with van der Waals surface area (Å²) in [6, 6.07) is 39.0. The first-order chi connectivity index (χ1) is 31.0. The fourth-order valence-corrected chi connectivity index (χ4v) is 10.2. The molecule has 66 heavy (non-hydrogen) atoms. The van der Waals surface area contributed by atoms with E-state index in [1.54, 1.807) is 23.5 Å². The van der Waals surface area contributed by atoms with E-state index in [1.807, 2.05) is 12.1 Å². The van der Waals surface area contributed by atoms with Crippen LogP contribution in [0, 0.1) is 0 Å². The van der Waals surface area contributed by atoms with E-state index < -0.39 is 0 Å². The lowest BCUT2D eigenvalue weighted by Gasteiger charge is -2.28. The molecule has 8 bridgehead atoms. The molecule has 0 aromatic heterocycles. The molecule has 1 aliphatic rings. The van der Waals surface area contributed by atoms with Crippen molar-refractivity contribution in [3.63, 3.8) is 0 Å². The molecule has 2 N–H and O–H groups in total. The van der Waals surface area contributed by atoms with Gasteiger partial charge in [0.2, 0.25) is 0 Å². The predicted molar refractivity (Wildman–Crippen MR) is 280 cm³/mol. The van der Waals surface area contributed by atoms with Gasteiger partial charge in [-0.3, -0.25) is 0 Å². The van der Waals surface area contributed by atoms with Gasteiger partial charge in [-0.2, -0.15) is 0 Å². The van der Waals surface area contributed by atoms with Crippen molar-refractivity contribution in [3.05, 3.63) is 176 Å². The van der Waals surface area contributed by atoms with Crippen molar-refractivity contribution in [2.24, 2.45) is 0 Å². The number of aromatic hydroxyl groups is 2. The van der Waals surface area contributed by atoms with Crippen molar-refractivity contribution in [2.45, 2.75) is 140 Å². The van der Waals surface area contributed by atoms with Gasteiger partial charge in [0, 0.05) is 47.0 Å². The van der Waals surface area contributed by atoms with Crippen LogP contribution in [0.25, 0.3) is 0 Å². The minimum absolute atomic E-state index is 0.170. The summed E-state index contributed by atoms with van der Waals surface area (Å²) in [5.74, 6) is 3.84. The average molecular weight is 921 g/mol. The van der Waals surface area contributed by atoms with Crippen LogP contribution in [0.3, 0.4) is 0 Å². The molecule has 6 aromatic rings. The summed E-state index contributed by atoms with van der Waals surface area (Å²) in [4.78, 5) is 2.41. The van der Waals surface area contributed by atoms with Crippen LogP contribution in [0.5, 0.6) is 23.0 Å². The zero-order valence-corrected chi connectivity index (χ0v) is 43.2. The number of hydrogen-bond acceptors (Lipinski definition) is 6. The molecule has 0 aliphatic heterocycles. The second kappa shape index (κ2) is 19.8. The molecule has 0 spiro atoms.